The molecule has 1 aliphatic rings. The molecule has 3 N–H and O–H groups in total. The number of amides is 1. The van der Waals surface area contributed by atoms with E-state index in [1.54, 1.807) is 13.0 Å². The topological polar surface area (TPSA) is 81.2 Å². The predicted octanol–water partition coefficient (Wildman–Crippen LogP) is 2.20. The normalized spacial score (nSPS) is 17.2. The van der Waals surface area contributed by atoms with E-state index in [2.05, 4.69) is 10.3 Å². The molecule has 1 saturated carbocycles. The number of nitrogens with two attached hydrogens (primary N) is 1. The summed E-state index contributed by atoms with van der Waals surface area (Å²) in [6.07, 6.45) is 2.82. The second kappa shape index (κ2) is 4.35. The van der Waals surface area contributed by atoms with Crippen LogP contribution in [0, 0.1) is 12.3 Å². The molecule has 1 aromatic carbocycles. The summed E-state index contributed by atoms with van der Waals surface area (Å²) in [5, 5.41) is 2.93. The van der Waals surface area contributed by atoms with Gasteiger partial charge in [0.2, 0.25) is 5.91 Å². The van der Waals surface area contributed by atoms with Crippen molar-refractivity contribution in [1.82, 2.24) is 4.98 Å². The van der Waals surface area contributed by atoms with Gasteiger partial charge in [-0.25, -0.2) is 4.98 Å². The van der Waals surface area contributed by atoms with E-state index in [1.807, 2.05) is 12.1 Å². The number of anilines is 1. The summed E-state index contributed by atoms with van der Waals surface area (Å²) in [7, 11) is 0. The maximum absolute atomic E-state index is 12.3. The number of hydrogen-bond acceptors (Lipinski definition) is 4. The van der Waals surface area contributed by atoms with E-state index in [1.165, 1.54) is 0 Å². The fraction of sp³-hybridized carbons (Fsp3) is 0.429. The van der Waals surface area contributed by atoms with E-state index in [0.29, 0.717) is 18.0 Å². The molecule has 0 aliphatic heterocycles. The standard InChI is InChI=1S/C14H17N3O2/c1-9-16-11-4-3-10(7-12(11)19-9)17-13(18)14(8-15)5-2-6-14/h3-4,7H,2,5-6,8,15H2,1H3,(H,17,18). The highest BCUT2D eigenvalue weighted by Gasteiger charge is 2.42. The Morgan fingerprint density at radius 1 is 1.53 bits per heavy atom. The van der Waals surface area contributed by atoms with E-state index in [4.69, 9.17) is 10.2 Å². The maximum Gasteiger partial charge on any atom is 0.231 e. The van der Waals surface area contributed by atoms with Gasteiger partial charge in [-0.05, 0) is 25.0 Å². The Hall–Kier alpha value is -1.88. The first-order valence-electron chi connectivity index (χ1n) is 6.52. The molecule has 1 aliphatic carbocycles. The molecule has 0 radical (unpaired) electrons. The van der Waals surface area contributed by atoms with Crippen molar-refractivity contribution in [2.24, 2.45) is 11.1 Å². The first-order valence-corrected chi connectivity index (χ1v) is 6.52. The van der Waals surface area contributed by atoms with Gasteiger partial charge in [0.1, 0.15) is 5.52 Å². The van der Waals surface area contributed by atoms with Gasteiger partial charge in [0.15, 0.2) is 11.5 Å². The van der Waals surface area contributed by atoms with Crippen LogP contribution in [0.5, 0.6) is 0 Å². The molecule has 0 saturated heterocycles. The zero-order valence-electron chi connectivity index (χ0n) is 10.9. The van der Waals surface area contributed by atoms with Crippen LogP contribution in [0.1, 0.15) is 25.2 Å². The molecule has 0 unspecified atom stereocenters. The number of hydrogen-bond donors (Lipinski definition) is 2. The quantitative estimate of drug-likeness (QED) is 0.885. The van der Waals surface area contributed by atoms with E-state index >= 15 is 0 Å². The van der Waals surface area contributed by atoms with Crippen molar-refractivity contribution in [3.63, 3.8) is 0 Å². The number of rotatable bonds is 3. The van der Waals surface area contributed by atoms with Crippen molar-refractivity contribution in [2.45, 2.75) is 26.2 Å². The molecule has 19 heavy (non-hydrogen) atoms. The van der Waals surface area contributed by atoms with E-state index in [0.717, 1.165) is 30.5 Å². The Kier molecular flexibility index (Phi) is 2.78. The summed E-state index contributed by atoms with van der Waals surface area (Å²) >= 11 is 0. The van der Waals surface area contributed by atoms with Crippen LogP contribution in [0.3, 0.4) is 0 Å². The zero-order chi connectivity index (χ0) is 13.5. The highest BCUT2D eigenvalue weighted by atomic mass is 16.3. The zero-order valence-corrected chi connectivity index (χ0v) is 10.9. The van der Waals surface area contributed by atoms with Gasteiger partial charge in [0, 0.05) is 25.2 Å². The number of aryl methyl sites for hydroxylation is 1. The first kappa shape index (κ1) is 12.2. The van der Waals surface area contributed by atoms with E-state index in [-0.39, 0.29) is 11.3 Å². The van der Waals surface area contributed by atoms with Gasteiger partial charge in [-0.1, -0.05) is 6.42 Å². The van der Waals surface area contributed by atoms with E-state index < -0.39 is 0 Å². The van der Waals surface area contributed by atoms with Crippen LogP contribution in [0.2, 0.25) is 0 Å². The molecule has 5 heteroatoms. The highest BCUT2D eigenvalue weighted by molar-refractivity contribution is 5.97. The van der Waals surface area contributed by atoms with Gasteiger partial charge in [-0.3, -0.25) is 4.79 Å². The molecule has 3 rings (SSSR count). The Morgan fingerprint density at radius 3 is 2.95 bits per heavy atom. The van der Waals surface area contributed by atoms with Gasteiger partial charge in [0.25, 0.3) is 0 Å². The van der Waals surface area contributed by atoms with Gasteiger partial charge < -0.3 is 15.5 Å². The molecule has 0 spiro atoms. The van der Waals surface area contributed by atoms with Crippen LogP contribution in [-0.4, -0.2) is 17.4 Å². The van der Waals surface area contributed by atoms with Gasteiger partial charge >= 0.3 is 0 Å². The van der Waals surface area contributed by atoms with E-state index in [9.17, 15) is 4.79 Å². The van der Waals surface area contributed by atoms with Crippen molar-refractivity contribution >= 4 is 22.7 Å². The minimum Gasteiger partial charge on any atom is -0.441 e. The lowest BCUT2D eigenvalue weighted by Crippen LogP contribution is -2.47. The molecule has 0 bridgehead atoms. The monoisotopic (exact) mass is 259 g/mol. The van der Waals surface area contributed by atoms with Crippen LogP contribution < -0.4 is 11.1 Å². The first-order chi connectivity index (χ1) is 9.13. The molecule has 1 aromatic heterocycles. The number of carbonyl (C=O) groups excluding carboxylic acids is 1. The third-order valence-corrected chi connectivity index (χ3v) is 3.94. The SMILES string of the molecule is Cc1nc2ccc(NC(=O)C3(CN)CCC3)cc2o1. The largest absolute Gasteiger partial charge is 0.441 e. The number of nitrogens with zero attached hydrogens (tertiary/aromatic N) is 1. The van der Waals surface area contributed by atoms with Crippen LogP contribution in [0.4, 0.5) is 5.69 Å². The lowest BCUT2D eigenvalue weighted by molar-refractivity contribution is -0.129. The summed E-state index contributed by atoms with van der Waals surface area (Å²) in [6, 6.07) is 5.48. The third-order valence-electron chi connectivity index (χ3n) is 3.94. The molecule has 2 aromatic rings. The third kappa shape index (κ3) is 2.00. The molecule has 100 valence electrons. The number of aromatic nitrogens is 1. The molecule has 1 amide bonds. The highest BCUT2D eigenvalue weighted by Crippen LogP contribution is 2.40. The van der Waals surface area contributed by atoms with Crippen LogP contribution in [-0.2, 0) is 4.79 Å². The summed E-state index contributed by atoms with van der Waals surface area (Å²) in [4.78, 5) is 16.5. The van der Waals surface area contributed by atoms with Crippen molar-refractivity contribution in [3.8, 4) is 0 Å². The average molecular weight is 259 g/mol. The Bertz CT molecular complexity index is 623. The second-order valence-corrected chi connectivity index (χ2v) is 5.21. The summed E-state index contributed by atoms with van der Waals surface area (Å²) in [5.74, 6) is 0.632. The molecule has 1 fully saturated rings. The van der Waals surface area contributed by atoms with Crippen molar-refractivity contribution in [2.75, 3.05) is 11.9 Å². The Morgan fingerprint density at radius 2 is 2.32 bits per heavy atom. The maximum atomic E-state index is 12.3. The van der Waals surface area contributed by atoms with Crippen LogP contribution >= 0.6 is 0 Å². The van der Waals surface area contributed by atoms with Gasteiger partial charge in [-0.2, -0.15) is 0 Å². The Labute approximate surface area is 111 Å². The average Bonchev–Trinajstić information content (AvgIpc) is 2.67. The predicted molar refractivity (Wildman–Crippen MR) is 72.7 cm³/mol. The molecule has 0 atom stereocenters. The van der Waals surface area contributed by atoms with Gasteiger partial charge in [0.05, 0.1) is 5.41 Å². The van der Waals surface area contributed by atoms with Gasteiger partial charge in [-0.15, -0.1) is 0 Å². The number of fused-ring (bicyclic) bond motifs is 1. The smallest absolute Gasteiger partial charge is 0.231 e. The lowest BCUT2D eigenvalue weighted by atomic mass is 9.68. The van der Waals surface area contributed by atoms with Crippen molar-refractivity contribution < 1.29 is 9.21 Å². The van der Waals surface area contributed by atoms with Crippen molar-refractivity contribution in [3.05, 3.63) is 24.1 Å². The molecular formula is C14H17N3O2. The molecular weight excluding hydrogens is 242 g/mol. The summed E-state index contributed by atoms with van der Waals surface area (Å²) < 4.78 is 5.46. The second-order valence-electron chi connectivity index (χ2n) is 5.21. The molecule has 5 nitrogen and oxygen atoms in total. The number of nitrogens with one attached hydrogen (secondary N) is 1. The fourth-order valence-electron chi connectivity index (χ4n) is 2.51. The summed E-state index contributed by atoms with van der Waals surface area (Å²) in [6.45, 7) is 2.21. The number of benzene rings is 1. The lowest BCUT2D eigenvalue weighted by Gasteiger charge is -2.39. The minimum atomic E-state index is -0.369. The van der Waals surface area contributed by atoms with Crippen LogP contribution in [0.25, 0.3) is 11.1 Å². The van der Waals surface area contributed by atoms with Crippen LogP contribution in [0.15, 0.2) is 22.6 Å². The summed E-state index contributed by atoms with van der Waals surface area (Å²) in [5.41, 5.74) is 7.57. The Balaban J connectivity index is 1.82. The van der Waals surface area contributed by atoms with Crippen molar-refractivity contribution in [1.29, 1.82) is 0 Å². The number of oxazole rings is 1. The fourth-order valence-corrected chi connectivity index (χ4v) is 2.51. The minimum absolute atomic E-state index is 0.0110. The molecule has 1 heterocycles. The number of carbonyl (C=O) groups is 1.